The summed E-state index contributed by atoms with van der Waals surface area (Å²) in [5.74, 6) is 0.147. The van der Waals surface area contributed by atoms with Gasteiger partial charge in [-0.15, -0.1) is 10.2 Å². The molecule has 0 saturated heterocycles. The third-order valence-corrected chi connectivity index (χ3v) is 5.82. The van der Waals surface area contributed by atoms with Gasteiger partial charge in [0.25, 0.3) is 0 Å². The van der Waals surface area contributed by atoms with Crippen LogP contribution in [0, 0.1) is 20.8 Å². The minimum Gasteiger partial charge on any atom is -0.337 e. The van der Waals surface area contributed by atoms with Crippen molar-refractivity contribution >= 4 is 45.4 Å². The number of carbonyl (C=O) groups excluding carboxylic acids is 1. The molecular formula is C22H23N5OS. The Kier molecular flexibility index (Phi) is 5.24. The van der Waals surface area contributed by atoms with Crippen molar-refractivity contribution in [1.82, 2.24) is 20.2 Å². The lowest BCUT2D eigenvalue weighted by Crippen LogP contribution is -2.16. The molecule has 0 aliphatic rings. The first-order valence-corrected chi connectivity index (χ1v) is 10.6. The minimum absolute atomic E-state index is 0.0780. The number of thioether (sulfide) groups is 1. The highest BCUT2D eigenvalue weighted by Crippen LogP contribution is 2.27. The smallest absolute Gasteiger partial charge is 0.234 e. The molecule has 7 heteroatoms. The standard InChI is InChI=1S/C22H23N5OS/c1-5-15-8-6-7-13(3)18(15)23-17(28)11-29-22-25-21-20(26-27-22)16-10-12(2)9-14(4)19(16)24-21/h6-10H,5,11H2,1-4H3,(H,23,28)(H,24,25,27). The van der Waals surface area contributed by atoms with Crippen LogP contribution in [0.2, 0.25) is 0 Å². The highest BCUT2D eigenvalue weighted by Gasteiger charge is 2.14. The molecule has 0 aliphatic carbocycles. The molecule has 0 atom stereocenters. The van der Waals surface area contributed by atoms with Crippen LogP contribution in [0.25, 0.3) is 22.1 Å². The van der Waals surface area contributed by atoms with Gasteiger partial charge in [0, 0.05) is 11.1 Å². The molecule has 29 heavy (non-hydrogen) atoms. The van der Waals surface area contributed by atoms with Gasteiger partial charge in [-0.2, -0.15) is 0 Å². The Bertz CT molecular complexity index is 1230. The SMILES string of the molecule is CCc1cccc(C)c1NC(=O)CSc1nnc2c(n1)[nH]c1c(C)cc(C)cc12. The van der Waals surface area contributed by atoms with Crippen molar-refractivity contribution in [2.75, 3.05) is 11.1 Å². The molecule has 0 unspecified atom stereocenters. The normalized spacial score (nSPS) is 11.3. The quantitative estimate of drug-likeness (QED) is 0.469. The van der Waals surface area contributed by atoms with E-state index in [2.05, 4.69) is 58.4 Å². The molecular weight excluding hydrogens is 382 g/mol. The number of aromatic nitrogens is 4. The zero-order valence-electron chi connectivity index (χ0n) is 17.0. The van der Waals surface area contributed by atoms with Crippen molar-refractivity contribution in [1.29, 1.82) is 0 Å². The molecule has 2 aromatic heterocycles. The number of nitrogens with zero attached hydrogens (tertiary/aromatic N) is 3. The average Bonchev–Trinajstić information content (AvgIpc) is 3.06. The molecule has 0 aliphatic heterocycles. The van der Waals surface area contributed by atoms with Crippen LogP contribution in [-0.4, -0.2) is 31.8 Å². The van der Waals surface area contributed by atoms with Crippen LogP contribution in [0.15, 0.2) is 35.5 Å². The second kappa shape index (κ2) is 7.83. The molecule has 0 saturated carbocycles. The molecule has 0 spiro atoms. The van der Waals surface area contributed by atoms with E-state index in [4.69, 9.17) is 0 Å². The zero-order chi connectivity index (χ0) is 20.5. The maximum absolute atomic E-state index is 12.5. The number of hydrogen-bond donors (Lipinski definition) is 2. The summed E-state index contributed by atoms with van der Waals surface area (Å²) in [6.45, 7) is 8.21. The van der Waals surface area contributed by atoms with Crippen LogP contribution < -0.4 is 5.32 Å². The Morgan fingerprint density at radius 2 is 1.97 bits per heavy atom. The van der Waals surface area contributed by atoms with Gasteiger partial charge < -0.3 is 10.3 Å². The number of H-pyrrole nitrogens is 1. The monoisotopic (exact) mass is 405 g/mol. The lowest BCUT2D eigenvalue weighted by atomic mass is 10.1. The number of fused-ring (bicyclic) bond motifs is 3. The summed E-state index contributed by atoms with van der Waals surface area (Å²) in [5, 5.41) is 13.1. The van der Waals surface area contributed by atoms with Crippen molar-refractivity contribution in [3.63, 3.8) is 0 Å². The van der Waals surface area contributed by atoms with E-state index in [0.29, 0.717) is 10.8 Å². The number of aromatic amines is 1. The number of hydrogen-bond acceptors (Lipinski definition) is 5. The Hall–Kier alpha value is -2.93. The summed E-state index contributed by atoms with van der Waals surface area (Å²) in [6.07, 6.45) is 0.868. The van der Waals surface area contributed by atoms with E-state index in [1.807, 2.05) is 25.1 Å². The van der Waals surface area contributed by atoms with Gasteiger partial charge in [0.1, 0.15) is 5.52 Å². The van der Waals surface area contributed by atoms with E-state index >= 15 is 0 Å². The summed E-state index contributed by atoms with van der Waals surface area (Å²) in [7, 11) is 0. The summed E-state index contributed by atoms with van der Waals surface area (Å²) >= 11 is 1.28. The first-order valence-electron chi connectivity index (χ1n) is 9.60. The average molecular weight is 406 g/mol. The summed E-state index contributed by atoms with van der Waals surface area (Å²) in [4.78, 5) is 20.4. The van der Waals surface area contributed by atoms with E-state index < -0.39 is 0 Å². The van der Waals surface area contributed by atoms with Gasteiger partial charge in [-0.3, -0.25) is 4.79 Å². The van der Waals surface area contributed by atoms with Crippen LogP contribution in [0.1, 0.15) is 29.2 Å². The van der Waals surface area contributed by atoms with Gasteiger partial charge in [0.2, 0.25) is 11.1 Å². The second-order valence-corrected chi connectivity index (χ2v) is 8.16. The zero-order valence-corrected chi connectivity index (χ0v) is 17.8. The van der Waals surface area contributed by atoms with Crippen LogP contribution in [0.4, 0.5) is 5.69 Å². The highest BCUT2D eigenvalue weighted by molar-refractivity contribution is 7.99. The van der Waals surface area contributed by atoms with E-state index in [1.54, 1.807) is 0 Å². The third kappa shape index (κ3) is 3.82. The molecule has 4 aromatic rings. The van der Waals surface area contributed by atoms with Gasteiger partial charge in [-0.25, -0.2) is 4.98 Å². The van der Waals surface area contributed by atoms with Crippen molar-refractivity contribution in [2.45, 2.75) is 39.3 Å². The van der Waals surface area contributed by atoms with Crippen molar-refractivity contribution in [3.8, 4) is 0 Å². The number of carbonyl (C=O) groups is 1. The highest BCUT2D eigenvalue weighted by atomic mass is 32.2. The molecule has 2 heterocycles. The van der Waals surface area contributed by atoms with Gasteiger partial charge in [0.15, 0.2) is 5.65 Å². The van der Waals surface area contributed by atoms with E-state index in [0.717, 1.165) is 45.2 Å². The largest absolute Gasteiger partial charge is 0.337 e. The molecule has 0 bridgehead atoms. The predicted octanol–water partition coefficient (Wildman–Crippen LogP) is 4.72. The Morgan fingerprint density at radius 3 is 2.76 bits per heavy atom. The fourth-order valence-electron chi connectivity index (χ4n) is 3.59. The van der Waals surface area contributed by atoms with E-state index in [9.17, 15) is 4.79 Å². The maximum atomic E-state index is 12.5. The van der Waals surface area contributed by atoms with Crippen molar-refractivity contribution < 1.29 is 4.79 Å². The Balaban J connectivity index is 1.52. The van der Waals surface area contributed by atoms with Crippen LogP contribution in [-0.2, 0) is 11.2 Å². The molecule has 2 N–H and O–H groups in total. The molecule has 1 amide bonds. The molecule has 2 aromatic carbocycles. The fourth-order valence-corrected chi connectivity index (χ4v) is 4.17. The minimum atomic E-state index is -0.0780. The lowest BCUT2D eigenvalue weighted by molar-refractivity contribution is -0.113. The van der Waals surface area contributed by atoms with Gasteiger partial charge in [-0.05, 0) is 49.9 Å². The van der Waals surface area contributed by atoms with Crippen molar-refractivity contribution in [2.24, 2.45) is 0 Å². The summed E-state index contributed by atoms with van der Waals surface area (Å²) < 4.78 is 0. The van der Waals surface area contributed by atoms with Crippen LogP contribution in [0.3, 0.4) is 0 Å². The van der Waals surface area contributed by atoms with Gasteiger partial charge in [-0.1, -0.05) is 48.5 Å². The van der Waals surface area contributed by atoms with Crippen LogP contribution >= 0.6 is 11.8 Å². The molecule has 0 radical (unpaired) electrons. The first kappa shape index (κ1) is 19.4. The summed E-state index contributed by atoms with van der Waals surface area (Å²) in [6, 6.07) is 10.3. The molecule has 0 fully saturated rings. The maximum Gasteiger partial charge on any atom is 0.234 e. The summed E-state index contributed by atoms with van der Waals surface area (Å²) in [5.41, 5.74) is 7.90. The molecule has 4 rings (SSSR count). The number of anilines is 1. The number of amides is 1. The number of para-hydroxylation sites is 1. The first-order chi connectivity index (χ1) is 14.0. The van der Waals surface area contributed by atoms with Gasteiger partial charge in [0.05, 0.1) is 11.3 Å². The fraction of sp³-hybridized carbons (Fsp3) is 0.273. The number of nitrogens with one attached hydrogen (secondary N) is 2. The molecule has 148 valence electrons. The predicted molar refractivity (Wildman–Crippen MR) is 119 cm³/mol. The molecule has 6 nitrogen and oxygen atoms in total. The second-order valence-electron chi connectivity index (χ2n) is 7.22. The number of benzene rings is 2. The number of aryl methyl sites for hydroxylation is 4. The van der Waals surface area contributed by atoms with Crippen molar-refractivity contribution in [3.05, 3.63) is 52.6 Å². The Morgan fingerprint density at radius 1 is 1.14 bits per heavy atom. The Labute approximate surface area is 173 Å². The van der Waals surface area contributed by atoms with Gasteiger partial charge >= 0.3 is 0 Å². The van der Waals surface area contributed by atoms with E-state index in [1.165, 1.54) is 17.3 Å². The lowest BCUT2D eigenvalue weighted by Gasteiger charge is -2.12. The topological polar surface area (TPSA) is 83.6 Å². The van der Waals surface area contributed by atoms with E-state index in [-0.39, 0.29) is 11.7 Å². The van der Waals surface area contributed by atoms with Crippen LogP contribution in [0.5, 0.6) is 0 Å². The third-order valence-electron chi connectivity index (χ3n) is 4.98. The number of rotatable bonds is 5.